The SMILES string of the molecule is CC(=O)C(c1onc2c1C(=O)CC(C)(C)C2)C1CCNCC1. The van der Waals surface area contributed by atoms with Gasteiger partial charge >= 0.3 is 0 Å². The van der Waals surface area contributed by atoms with E-state index >= 15 is 0 Å². The Morgan fingerprint density at radius 3 is 2.64 bits per heavy atom. The molecular weight excluding hydrogens is 280 g/mol. The third kappa shape index (κ3) is 2.74. The van der Waals surface area contributed by atoms with Crippen molar-refractivity contribution in [3.05, 3.63) is 17.0 Å². The van der Waals surface area contributed by atoms with E-state index in [2.05, 4.69) is 24.3 Å². The molecule has 1 saturated heterocycles. The van der Waals surface area contributed by atoms with Crippen molar-refractivity contribution in [3.8, 4) is 0 Å². The topological polar surface area (TPSA) is 72.2 Å². The maximum Gasteiger partial charge on any atom is 0.168 e. The molecule has 5 nitrogen and oxygen atoms in total. The van der Waals surface area contributed by atoms with Gasteiger partial charge in [-0.3, -0.25) is 9.59 Å². The van der Waals surface area contributed by atoms with E-state index in [1.165, 1.54) is 0 Å². The van der Waals surface area contributed by atoms with Crippen LogP contribution < -0.4 is 5.32 Å². The van der Waals surface area contributed by atoms with Crippen LogP contribution in [0.3, 0.4) is 0 Å². The second-order valence-corrected chi connectivity index (χ2v) is 7.49. The highest BCUT2D eigenvalue weighted by Crippen LogP contribution is 2.41. The van der Waals surface area contributed by atoms with Crippen molar-refractivity contribution in [1.29, 1.82) is 0 Å². The Bertz CT molecular complexity index is 597. The third-order valence-corrected chi connectivity index (χ3v) is 4.93. The summed E-state index contributed by atoms with van der Waals surface area (Å²) in [6, 6.07) is 0. The van der Waals surface area contributed by atoms with E-state index in [1.807, 2.05) is 0 Å². The van der Waals surface area contributed by atoms with Crippen LogP contribution in [0.25, 0.3) is 0 Å². The minimum atomic E-state index is -0.330. The minimum Gasteiger partial charge on any atom is -0.360 e. The van der Waals surface area contributed by atoms with Gasteiger partial charge in [-0.15, -0.1) is 0 Å². The number of Topliss-reactive ketones (excluding diaryl/α,β-unsaturated/α-hetero) is 2. The van der Waals surface area contributed by atoms with Gasteiger partial charge in [-0.05, 0) is 50.6 Å². The number of carbonyl (C=O) groups is 2. The summed E-state index contributed by atoms with van der Waals surface area (Å²) < 4.78 is 5.55. The van der Waals surface area contributed by atoms with Crippen molar-refractivity contribution in [2.45, 2.75) is 52.4 Å². The van der Waals surface area contributed by atoms with Crippen molar-refractivity contribution >= 4 is 11.6 Å². The first-order chi connectivity index (χ1) is 10.4. The zero-order chi connectivity index (χ0) is 15.9. The van der Waals surface area contributed by atoms with Gasteiger partial charge in [-0.1, -0.05) is 19.0 Å². The number of hydrogen-bond acceptors (Lipinski definition) is 5. The molecule has 1 fully saturated rings. The van der Waals surface area contributed by atoms with E-state index in [0.29, 0.717) is 17.7 Å². The summed E-state index contributed by atoms with van der Waals surface area (Å²) in [4.78, 5) is 24.8. The van der Waals surface area contributed by atoms with E-state index in [1.54, 1.807) is 6.92 Å². The second-order valence-electron chi connectivity index (χ2n) is 7.49. The molecule has 1 atom stereocenters. The molecule has 1 aliphatic carbocycles. The number of rotatable bonds is 3. The minimum absolute atomic E-state index is 0.0719. The lowest BCUT2D eigenvalue weighted by atomic mass is 9.73. The molecule has 1 aromatic rings. The monoisotopic (exact) mass is 304 g/mol. The fraction of sp³-hybridized carbons (Fsp3) is 0.706. The van der Waals surface area contributed by atoms with Gasteiger partial charge in [0.1, 0.15) is 5.78 Å². The highest BCUT2D eigenvalue weighted by Gasteiger charge is 2.41. The molecule has 0 saturated carbocycles. The molecule has 3 rings (SSSR count). The van der Waals surface area contributed by atoms with Gasteiger partial charge in [0.25, 0.3) is 0 Å². The average molecular weight is 304 g/mol. The number of nitrogens with one attached hydrogen (secondary N) is 1. The standard InChI is InChI=1S/C17H24N2O3/c1-10(20)14(11-4-6-18-7-5-11)16-15-12(19-22-16)8-17(2,3)9-13(15)21/h11,14,18H,4-9H2,1-3H3. The summed E-state index contributed by atoms with van der Waals surface area (Å²) in [6.45, 7) is 7.55. The Kier molecular flexibility index (Phi) is 3.93. The van der Waals surface area contributed by atoms with Crippen LogP contribution in [0.2, 0.25) is 0 Å². The third-order valence-electron chi connectivity index (χ3n) is 4.93. The van der Waals surface area contributed by atoms with Gasteiger partial charge < -0.3 is 9.84 Å². The van der Waals surface area contributed by atoms with E-state index in [9.17, 15) is 9.59 Å². The molecule has 0 spiro atoms. The molecule has 2 heterocycles. The number of carbonyl (C=O) groups excluding carboxylic acids is 2. The average Bonchev–Trinajstić information content (AvgIpc) is 2.82. The van der Waals surface area contributed by atoms with Crippen LogP contribution in [0.15, 0.2) is 4.52 Å². The van der Waals surface area contributed by atoms with E-state index < -0.39 is 0 Å². The Labute approximate surface area is 130 Å². The van der Waals surface area contributed by atoms with Crippen LogP contribution in [-0.2, 0) is 11.2 Å². The molecule has 0 radical (unpaired) electrons. The van der Waals surface area contributed by atoms with E-state index in [4.69, 9.17) is 4.52 Å². The lowest BCUT2D eigenvalue weighted by Gasteiger charge is -2.30. The number of aromatic nitrogens is 1. The maximum atomic E-state index is 12.6. The van der Waals surface area contributed by atoms with Crippen LogP contribution in [0, 0.1) is 11.3 Å². The van der Waals surface area contributed by atoms with Crippen molar-refractivity contribution in [2.24, 2.45) is 11.3 Å². The molecule has 5 heteroatoms. The Morgan fingerprint density at radius 2 is 2.00 bits per heavy atom. The largest absolute Gasteiger partial charge is 0.360 e. The van der Waals surface area contributed by atoms with E-state index in [-0.39, 0.29) is 28.8 Å². The summed E-state index contributed by atoms with van der Waals surface area (Å²) in [5, 5.41) is 7.45. The van der Waals surface area contributed by atoms with Gasteiger partial charge in [0.2, 0.25) is 0 Å². The Morgan fingerprint density at radius 1 is 1.32 bits per heavy atom. The number of piperidine rings is 1. The summed E-state index contributed by atoms with van der Waals surface area (Å²) in [6.07, 6.45) is 3.08. The second kappa shape index (κ2) is 5.61. The molecule has 1 unspecified atom stereocenters. The lowest BCUT2D eigenvalue weighted by Crippen LogP contribution is -2.34. The van der Waals surface area contributed by atoms with E-state index in [0.717, 1.165) is 38.0 Å². The summed E-state index contributed by atoms with van der Waals surface area (Å²) >= 11 is 0. The van der Waals surface area contributed by atoms with Crippen LogP contribution in [-0.4, -0.2) is 29.8 Å². The first kappa shape index (κ1) is 15.4. The van der Waals surface area contributed by atoms with Crippen molar-refractivity contribution in [1.82, 2.24) is 10.5 Å². The maximum absolute atomic E-state index is 12.6. The summed E-state index contributed by atoms with van der Waals surface area (Å²) in [5.41, 5.74) is 1.24. The van der Waals surface area contributed by atoms with Gasteiger partial charge in [0.15, 0.2) is 11.5 Å². The van der Waals surface area contributed by atoms with Crippen LogP contribution in [0.5, 0.6) is 0 Å². The zero-order valence-electron chi connectivity index (χ0n) is 13.6. The molecule has 120 valence electrons. The molecule has 0 bridgehead atoms. The highest BCUT2D eigenvalue weighted by molar-refractivity contribution is 6.01. The number of nitrogens with zero attached hydrogens (tertiary/aromatic N) is 1. The van der Waals surface area contributed by atoms with Gasteiger partial charge in [0, 0.05) is 6.42 Å². The summed E-state index contributed by atoms with van der Waals surface area (Å²) in [7, 11) is 0. The smallest absolute Gasteiger partial charge is 0.168 e. The molecule has 1 aromatic heterocycles. The van der Waals surface area contributed by atoms with Gasteiger partial charge in [0.05, 0.1) is 17.2 Å². The van der Waals surface area contributed by atoms with Gasteiger partial charge in [-0.2, -0.15) is 0 Å². The van der Waals surface area contributed by atoms with Gasteiger partial charge in [-0.25, -0.2) is 0 Å². The van der Waals surface area contributed by atoms with Crippen molar-refractivity contribution < 1.29 is 14.1 Å². The Balaban J connectivity index is 1.98. The molecule has 0 aromatic carbocycles. The first-order valence-electron chi connectivity index (χ1n) is 8.12. The molecule has 1 N–H and O–H groups in total. The number of fused-ring (bicyclic) bond motifs is 1. The first-order valence-corrected chi connectivity index (χ1v) is 8.12. The molecule has 0 amide bonds. The van der Waals surface area contributed by atoms with Crippen LogP contribution in [0.4, 0.5) is 0 Å². The molecular formula is C17H24N2O3. The fourth-order valence-electron chi connectivity index (χ4n) is 3.92. The summed E-state index contributed by atoms with van der Waals surface area (Å²) in [5.74, 6) is 0.572. The number of ketones is 2. The van der Waals surface area contributed by atoms with Crippen molar-refractivity contribution in [3.63, 3.8) is 0 Å². The quantitative estimate of drug-likeness (QED) is 0.929. The number of hydrogen-bond donors (Lipinski definition) is 1. The molecule has 1 aliphatic heterocycles. The van der Waals surface area contributed by atoms with Crippen LogP contribution in [0.1, 0.15) is 67.8 Å². The lowest BCUT2D eigenvalue weighted by molar-refractivity contribution is -0.120. The predicted molar refractivity (Wildman–Crippen MR) is 82.0 cm³/mol. The Hall–Kier alpha value is -1.49. The molecule has 22 heavy (non-hydrogen) atoms. The normalized spacial score (nSPS) is 23.1. The van der Waals surface area contributed by atoms with Crippen molar-refractivity contribution in [2.75, 3.05) is 13.1 Å². The molecule has 2 aliphatic rings. The highest BCUT2D eigenvalue weighted by atomic mass is 16.5. The predicted octanol–water partition coefficient (Wildman–Crippen LogP) is 2.50. The fourth-order valence-corrected chi connectivity index (χ4v) is 3.92. The van der Waals surface area contributed by atoms with Crippen LogP contribution >= 0.6 is 0 Å². The zero-order valence-corrected chi connectivity index (χ0v) is 13.6.